The van der Waals surface area contributed by atoms with Crippen LogP contribution in [0.4, 0.5) is 4.39 Å². The second kappa shape index (κ2) is 6.97. The Morgan fingerprint density at radius 2 is 1.52 bits per heavy atom. The molecule has 0 aliphatic rings. The Bertz CT molecular complexity index is 792. The number of hydrogen-bond donors (Lipinski definition) is 0. The van der Waals surface area contributed by atoms with Crippen LogP contribution >= 0.6 is 11.6 Å². The summed E-state index contributed by atoms with van der Waals surface area (Å²) in [4.78, 5) is 0. The highest BCUT2D eigenvalue weighted by atomic mass is 35.5. The third-order valence-electron chi connectivity index (χ3n) is 4.05. The van der Waals surface area contributed by atoms with Crippen LogP contribution in [-0.2, 0) is 12.8 Å². The van der Waals surface area contributed by atoms with Gasteiger partial charge in [-0.25, -0.2) is 4.39 Å². The van der Waals surface area contributed by atoms with E-state index in [4.69, 9.17) is 11.6 Å². The van der Waals surface area contributed by atoms with Gasteiger partial charge in [-0.2, -0.15) is 0 Å². The second-order valence-corrected chi connectivity index (χ2v) is 6.13. The molecule has 0 aliphatic heterocycles. The summed E-state index contributed by atoms with van der Waals surface area (Å²) < 4.78 is 14.6. The third-order valence-corrected chi connectivity index (χ3v) is 4.46. The monoisotopic (exact) mass is 324 g/mol. The van der Waals surface area contributed by atoms with Crippen molar-refractivity contribution in [2.24, 2.45) is 0 Å². The molecule has 3 aromatic rings. The molecular weight excluding hydrogens is 307 g/mol. The Kier molecular flexibility index (Phi) is 4.78. The molecule has 0 heterocycles. The number of rotatable bonds is 4. The lowest BCUT2D eigenvalue weighted by Gasteiger charge is -2.10. The average Bonchev–Trinajstić information content (AvgIpc) is 2.58. The maximum atomic E-state index is 14.6. The molecule has 0 aliphatic carbocycles. The minimum absolute atomic E-state index is 0.235. The predicted octanol–water partition coefficient (Wildman–Crippen LogP) is 6.24. The zero-order valence-electron chi connectivity index (χ0n) is 13.0. The van der Waals surface area contributed by atoms with Crippen LogP contribution in [-0.4, -0.2) is 0 Å². The highest BCUT2D eigenvalue weighted by Crippen LogP contribution is 2.31. The van der Waals surface area contributed by atoms with Crippen LogP contribution in [0, 0.1) is 12.7 Å². The molecule has 2 heteroatoms. The van der Waals surface area contributed by atoms with Crippen molar-refractivity contribution in [2.45, 2.75) is 19.8 Å². The molecule has 0 aromatic heterocycles. The topological polar surface area (TPSA) is 0 Å². The highest BCUT2D eigenvalue weighted by Gasteiger charge is 2.13. The number of halogens is 2. The van der Waals surface area contributed by atoms with Crippen molar-refractivity contribution in [1.82, 2.24) is 0 Å². The first-order valence-corrected chi connectivity index (χ1v) is 8.11. The SMILES string of the molecule is Cc1ccc(CCc2ccc(-c3ccccc3)c(F)c2Cl)cc1. The Balaban J connectivity index is 1.81. The van der Waals surface area contributed by atoms with Gasteiger partial charge in [-0.1, -0.05) is 83.9 Å². The molecule has 0 unspecified atom stereocenters. The van der Waals surface area contributed by atoms with Gasteiger partial charge in [0, 0.05) is 5.56 Å². The quantitative estimate of drug-likeness (QED) is 0.533. The zero-order chi connectivity index (χ0) is 16.2. The van der Waals surface area contributed by atoms with E-state index >= 15 is 0 Å². The van der Waals surface area contributed by atoms with E-state index < -0.39 is 0 Å². The molecule has 23 heavy (non-hydrogen) atoms. The summed E-state index contributed by atoms with van der Waals surface area (Å²) in [5.41, 5.74) is 4.72. The molecule has 3 rings (SSSR count). The normalized spacial score (nSPS) is 10.7. The van der Waals surface area contributed by atoms with Gasteiger partial charge in [-0.15, -0.1) is 0 Å². The molecule has 0 N–H and O–H groups in total. The van der Waals surface area contributed by atoms with Crippen molar-refractivity contribution >= 4 is 11.6 Å². The Hall–Kier alpha value is -2.12. The van der Waals surface area contributed by atoms with Gasteiger partial charge in [0.15, 0.2) is 0 Å². The van der Waals surface area contributed by atoms with Crippen LogP contribution in [0.15, 0.2) is 66.7 Å². The summed E-state index contributed by atoms with van der Waals surface area (Å²) in [5, 5.41) is 0.235. The second-order valence-electron chi connectivity index (χ2n) is 5.75. The molecule has 116 valence electrons. The van der Waals surface area contributed by atoms with Crippen molar-refractivity contribution in [3.05, 3.63) is 94.3 Å². The van der Waals surface area contributed by atoms with E-state index in [0.29, 0.717) is 5.56 Å². The molecule has 3 aromatic carbocycles. The number of benzene rings is 3. The van der Waals surface area contributed by atoms with Gasteiger partial charge in [-0.3, -0.25) is 0 Å². The Morgan fingerprint density at radius 1 is 0.826 bits per heavy atom. The molecule has 0 fully saturated rings. The van der Waals surface area contributed by atoms with E-state index in [0.717, 1.165) is 24.0 Å². The van der Waals surface area contributed by atoms with Crippen LogP contribution in [0.3, 0.4) is 0 Å². The average molecular weight is 325 g/mol. The summed E-state index contributed by atoms with van der Waals surface area (Å²) in [6.45, 7) is 2.07. The van der Waals surface area contributed by atoms with Gasteiger partial charge < -0.3 is 0 Å². The smallest absolute Gasteiger partial charge is 0.149 e. The van der Waals surface area contributed by atoms with Crippen LogP contribution in [0.1, 0.15) is 16.7 Å². The van der Waals surface area contributed by atoms with Gasteiger partial charge in [0.1, 0.15) is 5.82 Å². The third kappa shape index (κ3) is 3.62. The molecule has 0 saturated carbocycles. The van der Waals surface area contributed by atoms with Crippen molar-refractivity contribution in [3.8, 4) is 11.1 Å². The molecule has 0 radical (unpaired) electrons. The fourth-order valence-corrected chi connectivity index (χ4v) is 2.92. The first-order chi connectivity index (χ1) is 11.1. The molecule has 0 saturated heterocycles. The zero-order valence-corrected chi connectivity index (χ0v) is 13.8. The van der Waals surface area contributed by atoms with Crippen LogP contribution in [0.5, 0.6) is 0 Å². The summed E-state index contributed by atoms with van der Waals surface area (Å²) in [7, 11) is 0. The Morgan fingerprint density at radius 3 is 2.22 bits per heavy atom. The Labute approximate surface area is 141 Å². The van der Waals surface area contributed by atoms with E-state index in [-0.39, 0.29) is 10.8 Å². The summed E-state index contributed by atoms with van der Waals surface area (Å²) >= 11 is 6.26. The summed E-state index contributed by atoms with van der Waals surface area (Å²) in [6, 6.07) is 21.6. The van der Waals surface area contributed by atoms with Gasteiger partial charge >= 0.3 is 0 Å². The minimum atomic E-state index is -0.334. The summed E-state index contributed by atoms with van der Waals surface area (Å²) in [5.74, 6) is -0.334. The van der Waals surface area contributed by atoms with E-state index in [1.165, 1.54) is 11.1 Å². The van der Waals surface area contributed by atoms with Crippen LogP contribution < -0.4 is 0 Å². The molecule has 0 atom stereocenters. The largest absolute Gasteiger partial charge is 0.205 e. The molecule has 0 nitrogen and oxygen atoms in total. The van der Waals surface area contributed by atoms with Crippen molar-refractivity contribution in [3.63, 3.8) is 0 Å². The standard InChI is InChI=1S/C21H18ClF/c1-15-7-9-16(10-8-15)11-12-18-13-14-19(21(23)20(18)22)17-5-3-2-4-6-17/h2-10,13-14H,11-12H2,1H3. The van der Waals surface area contributed by atoms with Crippen LogP contribution in [0.2, 0.25) is 5.02 Å². The van der Waals surface area contributed by atoms with Gasteiger partial charge in [0.05, 0.1) is 5.02 Å². The number of aryl methyl sites for hydroxylation is 3. The minimum Gasteiger partial charge on any atom is -0.205 e. The lowest BCUT2D eigenvalue weighted by atomic mass is 9.99. The fourth-order valence-electron chi connectivity index (χ4n) is 2.66. The van der Waals surface area contributed by atoms with E-state index in [2.05, 4.69) is 31.2 Å². The number of hydrogen-bond acceptors (Lipinski definition) is 0. The van der Waals surface area contributed by atoms with Crippen LogP contribution in [0.25, 0.3) is 11.1 Å². The van der Waals surface area contributed by atoms with Crippen molar-refractivity contribution < 1.29 is 4.39 Å². The molecular formula is C21H18ClF. The lowest BCUT2D eigenvalue weighted by molar-refractivity contribution is 0.629. The van der Waals surface area contributed by atoms with E-state index in [1.807, 2.05) is 42.5 Å². The molecule has 0 spiro atoms. The predicted molar refractivity (Wildman–Crippen MR) is 95.4 cm³/mol. The molecule has 0 bridgehead atoms. The molecule has 0 amide bonds. The highest BCUT2D eigenvalue weighted by molar-refractivity contribution is 6.31. The van der Waals surface area contributed by atoms with Crippen molar-refractivity contribution in [2.75, 3.05) is 0 Å². The van der Waals surface area contributed by atoms with E-state index in [9.17, 15) is 4.39 Å². The van der Waals surface area contributed by atoms with E-state index in [1.54, 1.807) is 0 Å². The fraction of sp³-hybridized carbons (Fsp3) is 0.143. The van der Waals surface area contributed by atoms with Gasteiger partial charge in [0.2, 0.25) is 0 Å². The maximum Gasteiger partial charge on any atom is 0.149 e. The lowest BCUT2D eigenvalue weighted by Crippen LogP contribution is -1.96. The van der Waals surface area contributed by atoms with Gasteiger partial charge in [-0.05, 0) is 36.5 Å². The summed E-state index contributed by atoms with van der Waals surface area (Å²) in [6.07, 6.45) is 1.58. The maximum absolute atomic E-state index is 14.6. The van der Waals surface area contributed by atoms with Crippen molar-refractivity contribution in [1.29, 1.82) is 0 Å². The van der Waals surface area contributed by atoms with Gasteiger partial charge in [0.25, 0.3) is 0 Å². The first-order valence-electron chi connectivity index (χ1n) is 7.73. The first kappa shape index (κ1) is 15.8.